The molecule has 0 aromatic heterocycles. The largest absolute Gasteiger partial charge is 0.473 e. The number of hydrogen-bond donors (Lipinski definition) is 3. The zero-order valence-electron chi connectivity index (χ0n) is 18.0. The number of unbranched alkanes of at least 4 members (excludes halogenated alkanes) is 7. The fourth-order valence-electron chi connectivity index (χ4n) is 3.14. The van der Waals surface area contributed by atoms with E-state index in [0.29, 0.717) is 6.61 Å². The molecule has 0 aliphatic carbocycles. The van der Waals surface area contributed by atoms with E-state index in [1.54, 1.807) is 0 Å². The van der Waals surface area contributed by atoms with Gasteiger partial charge in [0.25, 0.3) is 0 Å². The van der Waals surface area contributed by atoms with Crippen LogP contribution >= 0.6 is 0 Å². The molecule has 1 aliphatic rings. The van der Waals surface area contributed by atoms with Crippen molar-refractivity contribution in [1.29, 1.82) is 0 Å². The van der Waals surface area contributed by atoms with Crippen LogP contribution in [-0.2, 0) is 14.3 Å². The molecule has 8 nitrogen and oxygen atoms in total. The van der Waals surface area contributed by atoms with Crippen molar-refractivity contribution in [2.24, 2.45) is 0 Å². The second-order valence-corrected chi connectivity index (χ2v) is 7.40. The number of carbonyl (C=O) groups is 3. The van der Waals surface area contributed by atoms with Gasteiger partial charge in [0.2, 0.25) is 0 Å². The zero-order valence-corrected chi connectivity index (χ0v) is 18.0. The highest BCUT2D eigenvalue weighted by molar-refractivity contribution is 6.27. The third-order valence-electron chi connectivity index (χ3n) is 4.78. The number of nitrogens with one attached hydrogen (secondary N) is 1. The van der Waals surface area contributed by atoms with Crippen LogP contribution in [0.4, 0.5) is 4.79 Å². The number of likely N-dealkylation sites (tertiary alicyclic amines) is 1. The van der Waals surface area contributed by atoms with Crippen molar-refractivity contribution in [1.82, 2.24) is 10.2 Å². The van der Waals surface area contributed by atoms with Crippen molar-refractivity contribution in [3.8, 4) is 0 Å². The van der Waals surface area contributed by atoms with Crippen molar-refractivity contribution in [3.05, 3.63) is 0 Å². The van der Waals surface area contributed by atoms with Gasteiger partial charge in [-0.2, -0.15) is 0 Å². The Morgan fingerprint density at radius 2 is 1.38 bits per heavy atom. The van der Waals surface area contributed by atoms with E-state index in [9.17, 15) is 4.79 Å². The lowest BCUT2D eigenvalue weighted by Crippen LogP contribution is -2.32. The molecule has 0 spiro atoms. The minimum Gasteiger partial charge on any atom is -0.473 e. The van der Waals surface area contributed by atoms with E-state index >= 15 is 0 Å². The highest BCUT2D eigenvalue weighted by Crippen LogP contribution is 2.09. The fourth-order valence-corrected chi connectivity index (χ4v) is 3.14. The molecule has 1 amide bonds. The molecule has 170 valence electrons. The molecule has 0 aromatic carbocycles. The first-order valence-corrected chi connectivity index (χ1v) is 11.1. The number of carboxylic acids is 2. The van der Waals surface area contributed by atoms with Crippen molar-refractivity contribution in [3.63, 3.8) is 0 Å². The number of nitrogens with zero attached hydrogens (tertiary/aromatic N) is 1. The van der Waals surface area contributed by atoms with Crippen molar-refractivity contribution >= 4 is 18.0 Å². The summed E-state index contributed by atoms with van der Waals surface area (Å²) in [6.45, 7) is 7.03. The van der Waals surface area contributed by atoms with Gasteiger partial charge in [0.15, 0.2) is 0 Å². The van der Waals surface area contributed by atoms with Crippen molar-refractivity contribution in [2.75, 3.05) is 32.8 Å². The van der Waals surface area contributed by atoms with E-state index in [1.807, 2.05) is 0 Å². The molecule has 1 rings (SSSR count). The summed E-state index contributed by atoms with van der Waals surface area (Å²) in [7, 11) is 0. The summed E-state index contributed by atoms with van der Waals surface area (Å²) in [6.07, 6.45) is 15.0. The van der Waals surface area contributed by atoms with Crippen LogP contribution < -0.4 is 5.32 Å². The number of amides is 1. The van der Waals surface area contributed by atoms with Gasteiger partial charge in [-0.15, -0.1) is 0 Å². The normalized spacial score (nSPS) is 13.8. The fraction of sp³-hybridized carbons (Fsp3) is 0.857. The smallest absolute Gasteiger partial charge is 0.414 e. The predicted octanol–water partition coefficient (Wildman–Crippen LogP) is 3.88. The topological polar surface area (TPSA) is 116 Å². The van der Waals surface area contributed by atoms with Gasteiger partial charge in [0.1, 0.15) is 0 Å². The standard InChI is InChI=1S/C19H38N2O2.C2H2O4/c1-2-3-4-5-6-7-8-10-14-20-19(22)23-18-13-17-21-15-11-9-12-16-21;3-1(4)2(5)6/h2-18H2,1H3,(H,20,22);(H,3,4)(H,5,6). The van der Waals surface area contributed by atoms with Gasteiger partial charge >= 0.3 is 18.0 Å². The molecule has 0 atom stereocenters. The van der Waals surface area contributed by atoms with Crippen LogP contribution in [0.5, 0.6) is 0 Å². The second-order valence-electron chi connectivity index (χ2n) is 7.40. The quantitative estimate of drug-likeness (QED) is 0.308. The first-order chi connectivity index (χ1) is 14.0. The van der Waals surface area contributed by atoms with Crippen molar-refractivity contribution < 1.29 is 29.3 Å². The van der Waals surface area contributed by atoms with Crippen LogP contribution in [-0.4, -0.2) is 65.9 Å². The Bertz CT molecular complexity index is 427. The Morgan fingerprint density at radius 3 is 1.93 bits per heavy atom. The van der Waals surface area contributed by atoms with Gasteiger partial charge in [-0.3, -0.25) is 0 Å². The minimum atomic E-state index is -1.82. The van der Waals surface area contributed by atoms with Crippen LogP contribution in [0.3, 0.4) is 0 Å². The maximum Gasteiger partial charge on any atom is 0.414 e. The summed E-state index contributed by atoms with van der Waals surface area (Å²) < 4.78 is 5.23. The van der Waals surface area contributed by atoms with Crippen LogP contribution in [0.1, 0.15) is 84.0 Å². The Kier molecular flexibility index (Phi) is 18.3. The summed E-state index contributed by atoms with van der Waals surface area (Å²) >= 11 is 0. The highest BCUT2D eigenvalue weighted by Gasteiger charge is 2.09. The number of carboxylic acid groups (broad SMARTS) is 2. The lowest BCUT2D eigenvalue weighted by molar-refractivity contribution is -0.159. The molecule has 1 fully saturated rings. The predicted molar refractivity (Wildman–Crippen MR) is 112 cm³/mol. The molecule has 0 aromatic rings. The number of aliphatic carboxylic acids is 2. The van der Waals surface area contributed by atoms with Gasteiger partial charge in [-0.1, -0.05) is 58.3 Å². The van der Waals surface area contributed by atoms with Gasteiger partial charge in [0, 0.05) is 13.1 Å². The SMILES string of the molecule is CCCCCCCCCCNC(=O)OCCCN1CCCCC1.O=C(O)C(=O)O. The van der Waals surface area contributed by atoms with Gasteiger partial charge < -0.3 is 25.2 Å². The average molecular weight is 417 g/mol. The van der Waals surface area contributed by atoms with Gasteiger partial charge in [0.05, 0.1) is 6.61 Å². The zero-order chi connectivity index (χ0) is 21.7. The van der Waals surface area contributed by atoms with E-state index < -0.39 is 11.9 Å². The monoisotopic (exact) mass is 416 g/mol. The van der Waals surface area contributed by atoms with Crippen LogP contribution in [0.15, 0.2) is 0 Å². The van der Waals surface area contributed by atoms with Crippen LogP contribution in [0.25, 0.3) is 0 Å². The maximum absolute atomic E-state index is 11.6. The lowest BCUT2D eigenvalue weighted by atomic mass is 10.1. The highest BCUT2D eigenvalue weighted by atomic mass is 16.5. The number of hydrogen-bond acceptors (Lipinski definition) is 5. The van der Waals surface area contributed by atoms with E-state index in [0.717, 1.165) is 25.9 Å². The molecule has 0 unspecified atom stereocenters. The summed E-state index contributed by atoms with van der Waals surface area (Å²) in [5.41, 5.74) is 0. The third kappa shape index (κ3) is 19.3. The Balaban J connectivity index is 0.00000113. The molecule has 0 saturated carbocycles. The molecule has 1 heterocycles. The van der Waals surface area contributed by atoms with Crippen molar-refractivity contribution in [2.45, 2.75) is 84.0 Å². The maximum atomic E-state index is 11.6. The van der Waals surface area contributed by atoms with Crippen LogP contribution in [0, 0.1) is 0 Å². The van der Waals surface area contributed by atoms with E-state index in [4.69, 9.17) is 24.5 Å². The molecule has 0 radical (unpaired) electrons. The first kappa shape index (κ1) is 27.2. The van der Waals surface area contributed by atoms with Gasteiger partial charge in [-0.05, 0) is 38.8 Å². The molecule has 1 aliphatic heterocycles. The summed E-state index contributed by atoms with van der Waals surface area (Å²) in [6, 6.07) is 0. The lowest BCUT2D eigenvalue weighted by Gasteiger charge is -2.26. The molecule has 0 bridgehead atoms. The number of ether oxygens (including phenoxy) is 1. The number of rotatable bonds is 13. The van der Waals surface area contributed by atoms with E-state index in [2.05, 4.69) is 17.1 Å². The summed E-state index contributed by atoms with van der Waals surface area (Å²) in [4.78, 5) is 32.2. The minimum absolute atomic E-state index is 0.244. The average Bonchev–Trinajstić information content (AvgIpc) is 2.71. The number of piperidine rings is 1. The summed E-state index contributed by atoms with van der Waals surface area (Å²) in [5, 5.41) is 17.6. The molecule has 29 heavy (non-hydrogen) atoms. The van der Waals surface area contributed by atoms with Crippen LogP contribution in [0.2, 0.25) is 0 Å². The molecule has 8 heteroatoms. The second kappa shape index (κ2) is 19.5. The van der Waals surface area contributed by atoms with E-state index in [1.165, 1.54) is 77.3 Å². The Morgan fingerprint density at radius 1 is 0.828 bits per heavy atom. The number of carbonyl (C=O) groups excluding carboxylic acids is 1. The molecule has 3 N–H and O–H groups in total. The molecular weight excluding hydrogens is 376 g/mol. The Labute approximate surface area is 175 Å². The molecule has 1 saturated heterocycles. The van der Waals surface area contributed by atoms with Gasteiger partial charge in [-0.25, -0.2) is 14.4 Å². The Hall–Kier alpha value is -1.83. The third-order valence-corrected chi connectivity index (χ3v) is 4.78. The summed E-state index contributed by atoms with van der Waals surface area (Å²) in [5.74, 6) is -3.65. The molecular formula is C21H40N2O6. The van der Waals surface area contributed by atoms with E-state index in [-0.39, 0.29) is 6.09 Å². The number of alkyl carbamates (subject to hydrolysis) is 1. The first-order valence-electron chi connectivity index (χ1n) is 11.1.